The van der Waals surface area contributed by atoms with Crippen LogP contribution in [0.3, 0.4) is 0 Å². The molecule has 1 N–H and O–H groups in total. The van der Waals surface area contributed by atoms with Gasteiger partial charge in [0.25, 0.3) is 0 Å². The number of urea groups is 1. The Kier molecular flexibility index (Phi) is 6.53. The molecule has 1 saturated heterocycles. The number of hydrogen-bond donors (Lipinski definition) is 1. The average molecular weight is 372 g/mol. The van der Waals surface area contributed by atoms with Crippen LogP contribution in [0, 0.1) is 0 Å². The Labute approximate surface area is 160 Å². The Morgan fingerprint density at radius 3 is 2.50 bits per heavy atom. The van der Waals surface area contributed by atoms with Gasteiger partial charge < -0.3 is 10.2 Å². The Morgan fingerprint density at radius 2 is 1.81 bits per heavy atom. The highest BCUT2D eigenvalue weighted by Gasteiger charge is 2.25. The molecule has 3 rings (SSSR count). The molecule has 0 unspecified atom stereocenters. The van der Waals surface area contributed by atoms with Crippen molar-refractivity contribution in [1.29, 1.82) is 0 Å². The molecule has 2 amide bonds. The van der Waals surface area contributed by atoms with E-state index >= 15 is 0 Å². The maximum atomic E-state index is 12.4. The van der Waals surface area contributed by atoms with E-state index in [1.165, 1.54) is 5.56 Å². The van der Waals surface area contributed by atoms with E-state index in [1.807, 2.05) is 53.4 Å². The summed E-state index contributed by atoms with van der Waals surface area (Å²) in [4.78, 5) is 16.7. The minimum absolute atomic E-state index is 0.0322. The summed E-state index contributed by atoms with van der Waals surface area (Å²) in [5, 5.41) is 3.80. The molecule has 0 spiro atoms. The molecule has 0 bridgehead atoms. The van der Waals surface area contributed by atoms with Gasteiger partial charge in [-0.1, -0.05) is 54.1 Å². The van der Waals surface area contributed by atoms with Gasteiger partial charge in [-0.2, -0.15) is 0 Å². The molecule has 1 fully saturated rings. The smallest absolute Gasteiger partial charge is 0.317 e. The molecule has 138 valence electrons. The molecule has 1 aliphatic heterocycles. The summed E-state index contributed by atoms with van der Waals surface area (Å²) in [5.41, 5.74) is 2.35. The molecule has 0 aromatic heterocycles. The second-order valence-corrected chi connectivity index (χ2v) is 7.34. The Balaban J connectivity index is 1.43. The number of nitrogens with one attached hydrogen (secondary N) is 1. The molecule has 1 heterocycles. The second-order valence-electron chi connectivity index (χ2n) is 6.91. The summed E-state index contributed by atoms with van der Waals surface area (Å²) >= 11 is 6.07. The van der Waals surface area contributed by atoms with Crippen LogP contribution in [-0.4, -0.2) is 42.0 Å². The number of halogens is 1. The van der Waals surface area contributed by atoms with Gasteiger partial charge in [-0.3, -0.25) is 4.90 Å². The van der Waals surface area contributed by atoms with Gasteiger partial charge in [0.15, 0.2) is 0 Å². The number of carbonyl (C=O) groups is 1. The highest BCUT2D eigenvalue weighted by molar-refractivity contribution is 6.30. The monoisotopic (exact) mass is 371 g/mol. The van der Waals surface area contributed by atoms with Gasteiger partial charge >= 0.3 is 6.03 Å². The highest BCUT2D eigenvalue weighted by Crippen LogP contribution is 2.19. The third kappa shape index (κ3) is 5.23. The van der Waals surface area contributed by atoms with Crippen molar-refractivity contribution in [3.63, 3.8) is 0 Å². The van der Waals surface area contributed by atoms with Crippen molar-refractivity contribution in [2.75, 3.05) is 20.1 Å². The molecule has 4 nitrogen and oxygen atoms in total. The third-order valence-electron chi connectivity index (χ3n) is 4.98. The van der Waals surface area contributed by atoms with Crippen LogP contribution in [0.4, 0.5) is 4.79 Å². The van der Waals surface area contributed by atoms with E-state index < -0.39 is 0 Å². The van der Waals surface area contributed by atoms with E-state index in [1.54, 1.807) is 0 Å². The number of nitrogens with zero attached hydrogens (tertiary/aromatic N) is 2. The molecule has 0 aliphatic carbocycles. The van der Waals surface area contributed by atoms with Crippen molar-refractivity contribution in [3.05, 3.63) is 70.7 Å². The fraction of sp³-hybridized carbons (Fsp3) is 0.381. The van der Waals surface area contributed by atoms with Crippen molar-refractivity contribution in [1.82, 2.24) is 15.1 Å². The molecule has 2 aromatic carbocycles. The van der Waals surface area contributed by atoms with Gasteiger partial charge in [0.1, 0.15) is 0 Å². The lowest BCUT2D eigenvalue weighted by atomic mass is 10.0. The molecule has 0 radical (unpaired) electrons. The van der Waals surface area contributed by atoms with Crippen LogP contribution >= 0.6 is 11.6 Å². The number of amides is 2. The van der Waals surface area contributed by atoms with Crippen LogP contribution in [0.25, 0.3) is 0 Å². The SMILES string of the molecule is CN(Cc1cccc(Cl)c1)C1CCN(C(=O)NCc2ccccc2)CC1. The summed E-state index contributed by atoms with van der Waals surface area (Å²) in [7, 11) is 2.15. The van der Waals surface area contributed by atoms with Gasteiger partial charge in [0.2, 0.25) is 0 Å². The quantitative estimate of drug-likeness (QED) is 0.857. The number of hydrogen-bond acceptors (Lipinski definition) is 2. The van der Waals surface area contributed by atoms with Crippen LogP contribution in [0.15, 0.2) is 54.6 Å². The minimum Gasteiger partial charge on any atom is -0.334 e. The number of rotatable bonds is 5. The molecule has 0 atom stereocenters. The largest absolute Gasteiger partial charge is 0.334 e. The first-order valence-corrected chi connectivity index (χ1v) is 9.51. The van der Waals surface area contributed by atoms with Crippen molar-refractivity contribution in [3.8, 4) is 0 Å². The maximum Gasteiger partial charge on any atom is 0.317 e. The van der Waals surface area contributed by atoms with E-state index in [2.05, 4.69) is 23.3 Å². The molecule has 5 heteroatoms. The van der Waals surface area contributed by atoms with Crippen LogP contribution in [-0.2, 0) is 13.1 Å². The fourth-order valence-corrected chi connectivity index (χ4v) is 3.66. The fourth-order valence-electron chi connectivity index (χ4n) is 3.45. The zero-order valence-electron chi connectivity index (χ0n) is 15.2. The maximum absolute atomic E-state index is 12.4. The topological polar surface area (TPSA) is 35.6 Å². The first-order valence-electron chi connectivity index (χ1n) is 9.13. The number of likely N-dealkylation sites (tertiary alicyclic amines) is 1. The molecule has 26 heavy (non-hydrogen) atoms. The minimum atomic E-state index is 0.0322. The van der Waals surface area contributed by atoms with E-state index in [0.717, 1.165) is 43.1 Å². The van der Waals surface area contributed by atoms with Crippen molar-refractivity contribution >= 4 is 17.6 Å². The number of piperidine rings is 1. The van der Waals surface area contributed by atoms with Crippen molar-refractivity contribution < 1.29 is 4.79 Å². The highest BCUT2D eigenvalue weighted by atomic mass is 35.5. The second kappa shape index (κ2) is 9.06. The van der Waals surface area contributed by atoms with Crippen LogP contribution in [0.1, 0.15) is 24.0 Å². The first-order chi connectivity index (χ1) is 12.6. The lowest BCUT2D eigenvalue weighted by molar-refractivity contribution is 0.130. The standard InChI is InChI=1S/C21H26ClN3O/c1-24(16-18-8-5-9-19(22)14-18)20-10-12-25(13-11-20)21(26)23-15-17-6-3-2-4-7-17/h2-9,14,20H,10-13,15-16H2,1H3,(H,23,26). The Hall–Kier alpha value is -2.04. The van der Waals surface area contributed by atoms with Crippen molar-refractivity contribution in [2.24, 2.45) is 0 Å². The lowest BCUT2D eigenvalue weighted by Gasteiger charge is -2.36. The van der Waals surface area contributed by atoms with Gasteiger partial charge in [-0.05, 0) is 43.1 Å². The summed E-state index contributed by atoms with van der Waals surface area (Å²) in [6.45, 7) is 3.05. The molecule has 1 aliphatic rings. The van der Waals surface area contributed by atoms with Crippen LogP contribution in [0.2, 0.25) is 5.02 Å². The lowest BCUT2D eigenvalue weighted by Crippen LogP contribution is -2.48. The van der Waals surface area contributed by atoms with E-state index in [9.17, 15) is 4.79 Å². The predicted molar refractivity (Wildman–Crippen MR) is 106 cm³/mol. The molecular weight excluding hydrogens is 346 g/mol. The zero-order chi connectivity index (χ0) is 18.4. The molecule has 0 saturated carbocycles. The molecular formula is C21H26ClN3O. The summed E-state index contributed by atoms with van der Waals surface area (Å²) < 4.78 is 0. The van der Waals surface area contributed by atoms with Gasteiger partial charge in [0, 0.05) is 37.2 Å². The van der Waals surface area contributed by atoms with E-state index in [0.29, 0.717) is 12.6 Å². The summed E-state index contributed by atoms with van der Waals surface area (Å²) in [6.07, 6.45) is 1.99. The first kappa shape index (κ1) is 18.7. The number of carbonyl (C=O) groups excluding carboxylic acids is 1. The summed E-state index contributed by atoms with van der Waals surface area (Å²) in [6, 6.07) is 18.6. The number of benzene rings is 2. The Bertz CT molecular complexity index is 714. The van der Waals surface area contributed by atoms with E-state index in [4.69, 9.17) is 11.6 Å². The van der Waals surface area contributed by atoms with Gasteiger partial charge in [-0.25, -0.2) is 4.79 Å². The third-order valence-corrected chi connectivity index (χ3v) is 5.22. The zero-order valence-corrected chi connectivity index (χ0v) is 16.0. The van der Waals surface area contributed by atoms with Crippen molar-refractivity contribution in [2.45, 2.75) is 32.0 Å². The Morgan fingerprint density at radius 1 is 1.12 bits per heavy atom. The normalized spacial score (nSPS) is 15.3. The van der Waals surface area contributed by atoms with E-state index in [-0.39, 0.29) is 6.03 Å². The van der Waals surface area contributed by atoms with Gasteiger partial charge in [-0.15, -0.1) is 0 Å². The summed E-state index contributed by atoms with van der Waals surface area (Å²) in [5.74, 6) is 0. The van der Waals surface area contributed by atoms with Gasteiger partial charge in [0.05, 0.1) is 0 Å². The predicted octanol–water partition coefficient (Wildman–Crippen LogP) is 4.15. The van der Waals surface area contributed by atoms with Crippen LogP contribution < -0.4 is 5.32 Å². The molecule has 2 aromatic rings. The average Bonchev–Trinajstić information content (AvgIpc) is 2.67. The van der Waals surface area contributed by atoms with Crippen LogP contribution in [0.5, 0.6) is 0 Å².